The molecule has 0 saturated carbocycles. The number of nitrogens with zero attached hydrogens (tertiary/aromatic N) is 1. The molecule has 9 heteroatoms. The third kappa shape index (κ3) is 4.13. The molecule has 1 heterocycles. The van der Waals surface area contributed by atoms with Gasteiger partial charge in [-0.1, -0.05) is 42.5 Å². The first-order valence-electron chi connectivity index (χ1n) is 10.4. The van der Waals surface area contributed by atoms with Crippen LogP contribution in [-0.2, 0) is 0 Å². The smallest absolute Gasteiger partial charge is 0.336 e. The summed E-state index contributed by atoms with van der Waals surface area (Å²) >= 11 is 0. The third-order valence-corrected chi connectivity index (χ3v) is 5.38. The first-order chi connectivity index (χ1) is 16.9. The highest BCUT2D eigenvalue weighted by atomic mass is 16.6. The molecule has 0 bridgehead atoms. The predicted octanol–water partition coefficient (Wildman–Crippen LogP) is 6.32. The van der Waals surface area contributed by atoms with Crippen LogP contribution in [0.15, 0.2) is 93.8 Å². The summed E-state index contributed by atoms with van der Waals surface area (Å²) in [6, 6.07) is 22.4. The van der Waals surface area contributed by atoms with E-state index >= 15 is 0 Å². The Morgan fingerprint density at radius 3 is 1.89 bits per heavy atom. The van der Waals surface area contributed by atoms with Crippen molar-refractivity contribution in [1.82, 2.24) is 0 Å². The molecule has 0 aliphatic rings. The molecule has 5 rings (SSSR count). The van der Waals surface area contributed by atoms with Crippen LogP contribution in [0.2, 0.25) is 0 Å². The van der Waals surface area contributed by atoms with E-state index < -0.39 is 16.8 Å². The fraction of sp³-hybridized carbons (Fsp3) is 0. The van der Waals surface area contributed by atoms with Gasteiger partial charge in [0, 0.05) is 28.6 Å². The van der Waals surface area contributed by atoms with E-state index in [1.54, 1.807) is 24.3 Å². The number of hydrogen-bond donors (Lipinski definition) is 2. The Bertz CT molecular complexity index is 1710. The van der Waals surface area contributed by atoms with Crippen LogP contribution in [0.4, 0.5) is 11.4 Å². The lowest BCUT2D eigenvalue weighted by molar-refractivity contribution is -0.384. The summed E-state index contributed by atoms with van der Waals surface area (Å²) in [5, 5.41) is 24.9. The lowest BCUT2D eigenvalue weighted by atomic mass is 10.1. The van der Waals surface area contributed by atoms with Gasteiger partial charge in [-0.05, 0) is 30.3 Å². The van der Waals surface area contributed by atoms with E-state index in [1.165, 1.54) is 36.4 Å². The van der Waals surface area contributed by atoms with Crippen LogP contribution in [-0.4, -0.2) is 21.9 Å². The Balaban J connectivity index is 1.74. The molecule has 0 fully saturated rings. The number of non-ortho nitro benzene ring substituents is 1. The molecule has 0 radical (unpaired) electrons. The van der Waals surface area contributed by atoms with Crippen LogP contribution < -0.4 is 5.32 Å². The highest BCUT2D eigenvalue weighted by molar-refractivity contribution is 6.13. The average molecular weight is 468 g/mol. The fourth-order valence-corrected chi connectivity index (χ4v) is 3.77. The largest absolute Gasteiger partial charge is 0.478 e. The number of benzene rings is 4. The van der Waals surface area contributed by atoms with Gasteiger partial charge in [-0.2, -0.15) is 0 Å². The molecule has 0 spiro atoms. The molecule has 0 aliphatic carbocycles. The van der Waals surface area contributed by atoms with Gasteiger partial charge in [0.25, 0.3) is 11.6 Å². The van der Waals surface area contributed by atoms with E-state index in [0.29, 0.717) is 11.2 Å². The van der Waals surface area contributed by atoms with Gasteiger partial charge in [-0.25, -0.2) is 4.79 Å². The van der Waals surface area contributed by atoms with E-state index in [-0.39, 0.29) is 33.7 Å². The molecular formula is C26H16N2O7. The Hall–Kier alpha value is -5.18. The van der Waals surface area contributed by atoms with Crippen molar-refractivity contribution in [2.75, 3.05) is 5.32 Å². The predicted molar refractivity (Wildman–Crippen MR) is 129 cm³/mol. The molecule has 0 atom stereocenters. The molecule has 5 aromatic rings. The number of fused-ring (bicyclic) bond motifs is 4. The summed E-state index contributed by atoms with van der Waals surface area (Å²) in [6.45, 7) is 0. The van der Waals surface area contributed by atoms with Crippen molar-refractivity contribution in [2.45, 2.75) is 0 Å². The molecule has 0 saturated heterocycles. The minimum absolute atomic E-state index is 0.122. The van der Waals surface area contributed by atoms with Gasteiger partial charge in [0.15, 0.2) is 11.2 Å². The lowest BCUT2D eigenvalue weighted by Crippen LogP contribution is -2.16. The van der Waals surface area contributed by atoms with Gasteiger partial charge >= 0.3 is 5.97 Å². The van der Waals surface area contributed by atoms with Crippen molar-refractivity contribution in [3.63, 3.8) is 0 Å². The van der Waals surface area contributed by atoms with Gasteiger partial charge in [0.05, 0.1) is 16.1 Å². The van der Waals surface area contributed by atoms with Crippen LogP contribution >= 0.6 is 0 Å². The van der Waals surface area contributed by atoms with Gasteiger partial charge in [-0.15, -0.1) is 0 Å². The van der Waals surface area contributed by atoms with Crippen molar-refractivity contribution < 1.29 is 28.5 Å². The number of para-hydroxylation sites is 2. The van der Waals surface area contributed by atoms with Crippen molar-refractivity contribution in [1.29, 1.82) is 0 Å². The van der Waals surface area contributed by atoms with E-state index in [4.69, 9.17) is 8.83 Å². The molecule has 4 aromatic carbocycles. The van der Waals surface area contributed by atoms with E-state index in [1.807, 2.05) is 24.3 Å². The summed E-state index contributed by atoms with van der Waals surface area (Å²) in [5.74, 6) is -2.12. The van der Waals surface area contributed by atoms with Crippen LogP contribution in [0.1, 0.15) is 20.7 Å². The number of hydrogen-bond acceptors (Lipinski definition) is 6. The first-order valence-corrected chi connectivity index (χ1v) is 10.4. The SMILES string of the molecule is O=C(O)c1cc2oc3ccccc3c3ccccc3oc2cc1C(=O)Nc1cccc([N+](=O)[O-])c1. The van der Waals surface area contributed by atoms with E-state index in [2.05, 4.69) is 5.32 Å². The van der Waals surface area contributed by atoms with Crippen molar-refractivity contribution in [2.24, 2.45) is 0 Å². The number of aromatic carboxylic acids is 1. The quantitative estimate of drug-likeness (QED) is 0.233. The molecule has 1 amide bonds. The fourth-order valence-electron chi connectivity index (χ4n) is 3.77. The van der Waals surface area contributed by atoms with Crippen LogP contribution in [0.3, 0.4) is 0 Å². The minimum atomic E-state index is -1.35. The molecule has 0 unspecified atom stereocenters. The number of nitro benzene ring substituents is 1. The zero-order valence-electron chi connectivity index (χ0n) is 17.9. The molecule has 1 aromatic heterocycles. The van der Waals surface area contributed by atoms with Gasteiger partial charge in [0.1, 0.15) is 11.2 Å². The van der Waals surface area contributed by atoms with Gasteiger partial charge < -0.3 is 19.3 Å². The highest BCUT2D eigenvalue weighted by Gasteiger charge is 2.20. The number of carboxylic acids is 1. The first kappa shape index (κ1) is 21.7. The zero-order valence-corrected chi connectivity index (χ0v) is 17.9. The monoisotopic (exact) mass is 468 g/mol. The zero-order chi connectivity index (χ0) is 24.5. The summed E-state index contributed by atoms with van der Waals surface area (Å²) in [4.78, 5) is 35.6. The number of amides is 1. The number of nitrogens with one attached hydrogen (secondary N) is 1. The van der Waals surface area contributed by atoms with Crippen molar-refractivity contribution in [3.05, 3.63) is 106 Å². The molecule has 35 heavy (non-hydrogen) atoms. The molecule has 9 nitrogen and oxygen atoms in total. The molecule has 0 aliphatic heterocycles. The van der Waals surface area contributed by atoms with Crippen molar-refractivity contribution in [3.8, 4) is 0 Å². The number of nitro groups is 1. The molecule has 172 valence electrons. The standard InChI is InChI=1S/C26H16N2O7/c29-25(27-15-6-5-7-16(12-15)28(32)33)19-13-23-24(14-20(19)26(30)31)35-22-11-4-2-9-18(22)17-8-1-3-10-21(17)34-23/h1-14H,(H,27,29)(H,30,31). The maximum atomic E-state index is 13.1. The Morgan fingerprint density at radius 2 is 1.31 bits per heavy atom. The van der Waals surface area contributed by atoms with Gasteiger partial charge in [0.2, 0.25) is 0 Å². The highest BCUT2D eigenvalue weighted by Crippen LogP contribution is 2.29. The second-order valence-corrected chi connectivity index (χ2v) is 7.61. The van der Waals surface area contributed by atoms with Crippen LogP contribution in [0.25, 0.3) is 33.1 Å². The number of carboxylic acid groups (broad SMARTS) is 1. The van der Waals surface area contributed by atoms with Crippen LogP contribution in [0.5, 0.6) is 0 Å². The number of carbonyl (C=O) groups excluding carboxylic acids is 1. The second kappa shape index (κ2) is 8.64. The number of rotatable bonds is 4. The topological polar surface area (TPSA) is 136 Å². The summed E-state index contributed by atoms with van der Waals surface area (Å²) in [6.07, 6.45) is 0. The summed E-state index contributed by atoms with van der Waals surface area (Å²) < 4.78 is 12.1. The number of carbonyl (C=O) groups is 2. The van der Waals surface area contributed by atoms with E-state index in [0.717, 1.165) is 10.8 Å². The second-order valence-electron chi connectivity index (χ2n) is 7.61. The lowest BCUT2D eigenvalue weighted by Gasteiger charge is -2.09. The average Bonchev–Trinajstić information content (AvgIpc) is 2.84. The number of anilines is 1. The Kier molecular flexibility index (Phi) is 5.34. The van der Waals surface area contributed by atoms with E-state index in [9.17, 15) is 24.8 Å². The maximum absolute atomic E-state index is 13.1. The minimum Gasteiger partial charge on any atom is -0.478 e. The summed E-state index contributed by atoms with van der Waals surface area (Å²) in [7, 11) is 0. The Morgan fingerprint density at radius 1 is 0.743 bits per heavy atom. The third-order valence-electron chi connectivity index (χ3n) is 5.38. The summed E-state index contributed by atoms with van der Waals surface area (Å²) in [5.41, 5.74) is 0.666. The normalized spacial score (nSPS) is 10.9. The molecule has 2 N–H and O–H groups in total. The van der Waals surface area contributed by atoms with Gasteiger partial charge in [-0.3, -0.25) is 14.9 Å². The van der Waals surface area contributed by atoms with Crippen molar-refractivity contribution >= 4 is 56.4 Å². The Labute approximate surface area is 196 Å². The molecular weight excluding hydrogens is 452 g/mol. The maximum Gasteiger partial charge on any atom is 0.336 e. The van der Waals surface area contributed by atoms with Crippen LogP contribution in [0, 0.1) is 10.1 Å².